The molecule has 5 nitrogen and oxygen atoms in total. The first-order valence-electron chi connectivity index (χ1n) is 10.3. The Labute approximate surface area is 165 Å². The van der Waals surface area contributed by atoms with Gasteiger partial charge in [-0.3, -0.25) is 0 Å². The van der Waals surface area contributed by atoms with Gasteiger partial charge in [-0.15, -0.1) is 0 Å². The molecule has 1 rings (SSSR count). The molecule has 1 saturated heterocycles. The summed E-state index contributed by atoms with van der Waals surface area (Å²) in [4.78, 5) is 7.75. The van der Waals surface area contributed by atoms with Crippen LogP contribution in [-0.2, 0) is 9.57 Å². The Bertz CT molecular complexity index is 379. The molecule has 0 aromatic carbocycles. The lowest BCUT2D eigenvalue weighted by Gasteiger charge is -2.32. The number of β-amino-alcohol motifs (C(OH)–C–C–N with tert-alkyl or cyclic N) is 1. The van der Waals surface area contributed by atoms with Gasteiger partial charge in [-0.05, 0) is 45.2 Å². The minimum Gasteiger partial charge on any atom is -0.392 e. The lowest BCUT2D eigenvalue weighted by Crippen LogP contribution is -2.38. The summed E-state index contributed by atoms with van der Waals surface area (Å²) < 4.78 is 5.30. The van der Waals surface area contributed by atoms with Gasteiger partial charge in [0, 0.05) is 25.7 Å². The van der Waals surface area contributed by atoms with E-state index in [-0.39, 0.29) is 12.0 Å². The number of piperidine rings is 1. The van der Waals surface area contributed by atoms with Crippen molar-refractivity contribution in [2.24, 2.45) is 10.6 Å². The lowest BCUT2D eigenvalue weighted by molar-refractivity contribution is 0.0147. The van der Waals surface area contributed by atoms with E-state index >= 15 is 0 Å². The Balaban J connectivity index is 2.58. The van der Waals surface area contributed by atoms with E-state index in [9.17, 15) is 5.11 Å². The first kappa shape index (κ1) is 23.7. The van der Waals surface area contributed by atoms with E-state index in [1.54, 1.807) is 7.11 Å². The Kier molecular flexibility index (Phi) is 12.5. The van der Waals surface area contributed by atoms with Gasteiger partial charge in [0.1, 0.15) is 12.7 Å². The van der Waals surface area contributed by atoms with Crippen molar-refractivity contribution in [1.82, 2.24) is 4.90 Å². The zero-order valence-corrected chi connectivity index (χ0v) is 17.8. The van der Waals surface area contributed by atoms with E-state index in [4.69, 9.17) is 21.2 Å². The summed E-state index contributed by atoms with van der Waals surface area (Å²) in [6, 6.07) is 0. The zero-order chi connectivity index (χ0) is 19.3. The van der Waals surface area contributed by atoms with E-state index in [1.165, 1.54) is 19.3 Å². The molecule has 1 heterocycles. The Hall–Kier alpha value is -0.360. The molecule has 6 heteroatoms. The van der Waals surface area contributed by atoms with Crippen molar-refractivity contribution in [2.45, 2.75) is 77.7 Å². The summed E-state index contributed by atoms with van der Waals surface area (Å²) in [6.07, 6.45) is 9.27. The highest BCUT2D eigenvalue weighted by Gasteiger charge is 2.34. The maximum absolute atomic E-state index is 10.2. The molecule has 0 spiro atoms. The van der Waals surface area contributed by atoms with Crippen LogP contribution in [0, 0.1) is 5.41 Å². The summed E-state index contributed by atoms with van der Waals surface area (Å²) in [5.74, 6) is 0. The van der Waals surface area contributed by atoms with E-state index in [1.807, 2.05) is 0 Å². The van der Waals surface area contributed by atoms with Crippen molar-refractivity contribution in [3.8, 4) is 0 Å². The number of nitrogens with zero attached hydrogens (tertiary/aromatic N) is 2. The Morgan fingerprint density at radius 3 is 2.50 bits per heavy atom. The fraction of sp³-hybridized carbons (Fsp3) is 0.950. The van der Waals surface area contributed by atoms with E-state index in [0.29, 0.717) is 18.3 Å². The first-order chi connectivity index (χ1) is 12.6. The van der Waals surface area contributed by atoms with E-state index in [0.717, 1.165) is 51.6 Å². The minimum atomic E-state index is -0.531. The quantitative estimate of drug-likeness (QED) is 0.352. The molecule has 0 bridgehead atoms. The van der Waals surface area contributed by atoms with Crippen molar-refractivity contribution in [1.29, 1.82) is 0 Å². The van der Waals surface area contributed by atoms with E-state index in [2.05, 4.69) is 23.9 Å². The third-order valence-corrected chi connectivity index (χ3v) is 5.76. The van der Waals surface area contributed by atoms with Crippen LogP contribution in [0.3, 0.4) is 0 Å². The lowest BCUT2D eigenvalue weighted by atomic mass is 9.77. The highest BCUT2D eigenvalue weighted by Crippen LogP contribution is 2.38. The van der Waals surface area contributed by atoms with Gasteiger partial charge in [0.2, 0.25) is 0 Å². The molecule has 0 saturated carbocycles. The SMILES string of the molecule is CCCCC(CCC)(CCOC)/C(Cl)=N/OCC(O)CN1CCCCC1. The monoisotopic (exact) mass is 390 g/mol. The summed E-state index contributed by atoms with van der Waals surface area (Å²) in [6.45, 7) is 7.97. The molecule has 0 aromatic rings. The van der Waals surface area contributed by atoms with Gasteiger partial charge in [-0.2, -0.15) is 0 Å². The average molecular weight is 391 g/mol. The van der Waals surface area contributed by atoms with Crippen LogP contribution in [0.4, 0.5) is 0 Å². The topological polar surface area (TPSA) is 54.3 Å². The zero-order valence-electron chi connectivity index (χ0n) is 17.0. The van der Waals surface area contributed by atoms with Crippen molar-refractivity contribution >= 4 is 16.8 Å². The molecule has 154 valence electrons. The van der Waals surface area contributed by atoms with Crippen molar-refractivity contribution < 1.29 is 14.7 Å². The average Bonchev–Trinajstić information content (AvgIpc) is 2.64. The van der Waals surface area contributed by atoms with Crippen LogP contribution in [0.25, 0.3) is 0 Å². The maximum Gasteiger partial charge on any atom is 0.151 e. The molecule has 1 aliphatic heterocycles. The predicted molar refractivity (Wildman–Crippen MR) is 109 cm³/mol. The molecule has 1 fully saturated rings. The van der Waals surface area contributed by atoms with Gasteiger partial charge in [0.05, 0.1) is 0 Å². The summed E-state index contributed by atoms with van der Waals surface area (Å²) in [7, 11) is 1.72. The van der Waals surface area contributed by atoms with Gasteiger partial charge in [0.15, 0.2) is 5.17 Å². The smallest absolute Gasteiger partial charge is 0.151 e. The van der Waals surface area contributed by atoms with Gasteiger partial charge in [-0.25, -0.2) is 0 Å². The number of rotatable bonds is 14. The minimum absolute atomic E-state index is 0.180. The number of hydrogen-bond donors (Lipinski definition) is 1. The molecular weight excluding hydrogens is 352 g/mol. The van der Waals surface area contributed by atoms with Crippen LogP contribution < -0.4 is 0 Å². The molecule has 0 aliphatic carbocycles. The maximum atomic E-state index is 10.2. The van der Waals surface area contributed by atoms with E-state index < -0.39 is 6.10 Å². The molecular formula is C20H39ClN2O3. The van der Waals surface area contributed by atoms with Gasteiger partial charge in [0.25, 0.3) is 0 Å². The fourth-order valence-corrected chi connectivity index (χ4v) is 4.08. The summed E-state index contributed by atoms with van der Waals surface area (Å²) in [5, 5.41) is 14.9. The number of likely N-dealkylation sites (tertiary alicyclic amines) is 1. The van der Waals surface area contributed by atoms with Crippen molar-refractivity contribution in [3.05, 3.63) is 0 Å². The number of ether oxygens (including phenoxy) is 1. The Morgan fingerprint density at radius 1 is 1.15 bits per heavy atom. The molecule has 1 N–H and O–H groups in total. The number of oxime groups is 1. The summed E-state index contributed by atoms with van der Waals surface area (Å²) in [5.41, 5.74) is -0.180. The standard InChI is InChI=1S/C20H39ClN2O3/c1-4-6-11-20(10-5-2,12-15-25-3)19(21)22-26-17-18(24)16-23-13-8-7-9-14-23/h18,24H,4-17H2,1-3H3/b22-19-. The second-order valence-electron chi connectivity index (χ2n) is 7.57. The third kappa shape index (κ3) is 8.55. The molecule has 2 unspecified atom stereocenters. The van der Waals surface area contributed by atoms with Gasteiger partial charge < -0.3 is 19.6 Å². The molecule has 0 radical (unpaired) electrons. The highest BCUT2D eigenvalue weighted by atomic mass is 35.5. The largest absolute Gasteiger partial charge is 0.392 e. The molecule has 0 amide bonds. The van der Waals surface area contributed by atoms with Crippen LogP contribution in [-0.4, -0.2) is 61.2 Å². The first-order valence-corrected chi connectivity index (χ1v) is 10.7. The second-order valence-corrected chi connectivity index (χ2v) is 7.93. The van der Waals surface area contributed by atoms with Crippen LogP contribution in [0.5, 0.6) is 0 Å². The predicted octanol–water partition coefficient (Wildman–Crippen LogP) is 4.42. The number of methoxy groups -OCH3 is 1. The molecule has 26 heavy (non-hydrogen) atoms. The van der Waals surface area contributed by atoms with Crippen molar-refractivity contribution in [2.75, 3.05) is 40.0 Å². The number of hydrogen-bond acceptors (Lipinski definition) is 5. The highest BCUT2D eigenvalue weighted by molar-refractivity contribution is 6.66. The van der Waals surface area contributed by atoms with Crippen molar-refractivity contribution in [3.63, 3.8) is 0 Å². The number of halogens is 1. The molecule has 2 atom stereocenters. The number of unbranched alkanes of at least 4 members (excludes halogenated alkanes) is 1. The van der Waals surface area contributed by atoms with Gasteiger partial charge >= 0.3 is 0 Å². The normalized spacial score (nSPS) is 20.0. The number of aliphatic hydroxyl groups is 1. The van der Waals surface area contributed by atoms with Gasteiger partial charge in [-0.1, -0.05) is 56.3 Å². The van der Waals surface area contributed by atoms with Crippen LogP contribution in [0.1, 0.15) is 71.6 Å². The fourth-order valence-electron chi connectivity index (χ4n) is 3.75. The summed E-state index contributed by atoms with van der Waals surface area (Å²) >= 11 is 6.61. The van der Waals surface area contributed by atoms with Crippen LogP contribution in [0.2, 0.25) is 0 Å². The second kappa shape index (κ2) is 13.8. The Morgan fingerprint density at radius 2 is 1.88 bits per heavy atom. The molecule has 1 aliphatic rings. The third-order valence-electron chi connectivity index (χ3n) is 5.29. The number of aliphatic hydroxyl groups excluding tert-OH is 1. The molecule has 0 aromatic heterocycles. The van der Waals surface area contributed by atoms with Crippen LogP contribution in [0.15, 0.2) is 5.16 Å². The van der Waals surface area contributed by atoms with Crippen LogP contribution >= 0.6 is 11.6 Å².